The Bertz CT molecular complexity index is 640. The first-order valence-electron chi connectivity index (χ1n) is 7.95. The van der Waals surface area contributed by atoms with Crippen molar-refractivity contribution < 1.29 is 22.7 Å². The van der Waals surface area contributed by atoms with Gasteiger partial charge in [-0.25, -0.2) is 18.0 Å². The van der Waals surface area contributed by atoms with Gasteiger partial charge in [0.2, 0.25) is 0 Å². The average molecular weight is 356 g/mol. The fourth-order valence-electron chi connectivity index (χ4n) is 2.32. The Balaban J connectivity index is 2.70. The van der Waals surface area contributed by atoms with Crippen molar-refractivity contribution in [1.29, 1.82) is 0 Å². The molecular weight excluding hydrogens is 332 g/mol. The standard InChI is InChI=1S/C16H24N2O5S/c1-3-5-13(6-4-2)24(21,22)11-14(17)16(20)23-15(19)12-7-9-18-10-8-12/h7-10,13-14H,3-6,11,17H2,1-2H3/t14-/m0/s1. The van der Waals surface area contributed by atoms with Crippen molar-refractivity contribution in [2.24, 2.45) is 5.73 Å². The molecule has 0 fully saturated rings. The smallest absolute Gasteiger partial charge is 0.345 e. The fraction of sp³-hybridized carbons (Fsp3) is 0.562. The molecule has 1 heterocycles. The van der Waals surface area contributed by atoms with Crippen LogP contribution >= 0.6 is 0 Å². The van der Waals surface area contributed by atoms with Crippen LogP contribution in [0, 0.1) is 0 Å². The number of sulfone groups is 1. The van der Waals surface area contributed by atoms with Crippen molar-refractivity contribution in [3.8, 4) is 0 Å². The summed E-state index contributed by atoms with van der Waals surface area (Å²) in [6.45, 7) is 3.81. The zero-order chi connectivity index (χ0) is 18.2. The molecule has 134 valence electrons. The molecule has 7 nitrogen and oxygen atoms in total. The molecule has 0 saturated carbocycles. The maximum Gasteiger partial charge on any atom is 0.345 e. The number of ether oxygens (including phenoxy) is 1. The highest BCUT2D eigenvalue weighted by molar-refractivity contribution is 7.92. The number of nitrogens with zero attached hydrogens (tertiary/aromatic N) is 1. The second-order valence-corrected chi connectivity index (χ2v) is 7.91. The number of nitrogens with two attached hydrogens (primary N) is 1. The van der Waals surface area contributed by atoms with E-state index in [1.165, 1.54) is 24.5 Å². The first-order valence-corrected chi connectivity index (χ1v) is 9.66. The van der Waals surface area contributed by atoms with Crippen LogP contribution in [0.15, 0.2) is 24.5 Å². The molecule has 1 rings (SSSR count). The van der Waals surface area contributed by atoms with Gasteiger partial charge in [-0.15, -0.1) is 0 Å². The van der Waals surface area contributed by atoms with Crippen LogP contribution in [0.4, 0.5) is 0 Å². The minimum atomic E-state index is -3.54. The number of hydrogen-bond donors (Lipinski definition) is 1. The largest absolute Gasteiger partial charge is 0.388 e. The molecule has 0 aromatic carbocycles. The van der Waals surface area contributed by atoms with Crippen LogP contribution in [0.25, 0.3) is 0 Å². The molecule has 1 aromatic rings. The number of carbonyl (C=O) groups is 2. The van der Waals surface area contributed by atoms with Gasteiger partial charge in [-0.05, 0) is 25.0 Å². The Hall–Kier alpha value is -1.80. The van der Waals surface area contributed by atoms with Gasteiger partial charge in [-0.2, -0.15) is 0 Å². The molecular formula is C16H24N2O5S. The van der Waals surface area contributed by atoms with E-state index < -0.39 is 38.8 Å². The number of esters is 2. The molecule has 8 heteroatoms. The lowest BCUT2D eigenvalue weighted by Gasteiger charge is -2.18. The van der Waals surface area contributed by atoms with Gasteiger partial charge in [0.15, 0.2) is 9.84 Å². The number of hydrogen-bond acceptors (Lipinski definition) is 7. The predicted octanol–water partition coefficient (Wildman–Crippen LogP) is 1.48. The number of pyridine rings is 1. The summed E-state index contributed by atoms with van der Waals surface area (Å²) < 4.78 is 29.4. The van der Waals surface area contributed by atoms with Gasteiger partial charge in [-0.3, -0.25) is 4.98 Å². The molecule has 0 spiro atoms. The SMILES string of the molecule is CCCC(CCC)S(=O)(=O)C[C@H](N)C(=O)OC(=O)c1ccncc1. The van der Waals surface area contributed by atoms with Gasteiger partial charge in [0.1, 0.15) is 6.04 Å². The second kappa shape index (κ2) is 9.48. The number of carbonyl (C=O) groups excluding carboxylic acids is 2. The van der Waals surface area contributed by atoms with Crippen molar-refractivity contribution >= 4 is 21.8 Å². The molecule has 2 N–H and O–H groups in total. The predicted molar refractivity (Wildman–Crippen MR) is 90.0 cm³/mol. The highest BCUT2D eigenvalue weighted by atomic mass is 32.2. The normalized spacial score (nSPS) is 12.8. The van der Waals surface area contributed by atoms with Gasteiger partial charge >= 0.3 is 11.9 Å². The second-order valence-electron chi connectivity index (χ2n) is 5.58. The molecule has 24 heavy (non-hydrogen) atoms. The van der Waals surface area contributed by atoms with Crippen LogP contribution in [0.5, 0.6) is 0 Å². The minimum absolute atomic E-state index is 0.142. The summed E-state index contributed by atoms with van der Waals surface area (Å²) >= 11 is 0. The molecule has 0 bridgehead atoms. The van der Waals surface area contributed by atoms with E-state index in [-0.39, 0.29) is 5.56 Å². The van der Waals surface area contributed by atoms with Gasteiger partial charge in [0, 0.05) is 12.4 Å². The van der Waals surface area contributed by atoms with Crippen molar-refractivity contribution in [2.75, 3.05) is 5.75 Å². The monoisotopic (exact) mass is 356 g/mol. The van der Waals surface area contributed by atoms with Crippen LogP contribution in [0.3, 0.4) is 0 Å². The molecule has 1 atom stereocenters. The highest BCUT2D eigenvalue weighted by Gasteiger charge is 2.30. The van der Waals surface area contributed by atoms with E-state index in [2.05, 4.69) is 9.72 Å². The van der Waals surface area contributed by atoms with E-state index >= 15 is 0 Å². The Morgan fingerprint density at radius 1 is 1.17 bits per heavy atom. The van der Waals surface area contributed by atoms with E-state index in [1.807, 2.05) is 13.8 Å². The summed E-state index contributed by atoms with van der Waals surface area (Å²) in [6, 6.07) is 1.38. The lowest BCUT2D eigenvalue weighted by molar-refractivity contribution is -0.138. The summed E-state index contributed by atoms with van der Waals surface area (Å²) in [6.07, 6.45) is 5.26. The van der Waals surface area contributed by atoms with Crippen molar-refractivity contribution in [1.82, 2.24) is 4.98 Å². The number of rotatable bonds is 9. The maximum atomic E-state index is 12.4. The molecule has 0 aliphatic carbocycles. The molecule has 0 aliphatic rings. The molecule has 0 saturated heterocycles. The van der Waals surface area contributed by atoms with Gasteiger partial charge < -0.3 is 10.5 Å². The van der Waals surface area contributed by atoms with Crippen LogP contribution in [-0.4, -0.2) is 42.4 Å². The fourth-order valence-corrected chi connectivity index (χ4v) is 4.41. The molecule has 0 aliphatic heterocycles. The van der Waals surface area contributed by atoms with Crippen LogP contribution < -0.4 is 5.73 Å². The summed E-state index contributed by atoms with van der Waals surface area (Å²) in [4.78, 5) is 27.4. The summed E-state index contributed by atoms with van der Waals surface area (Å²) in [7, 11) is -3.54. The zero-order valence-electron chi connectivity index (χ0n) is 14.0. The third kappa shape index (κ3) is 6.01. The first kappa shape index (κ1) is 20.2. The lowest BCUT2D eigenvalue weighted by Crippen LogP contribution is -2.42. The molecule has 0 radical (unpaired) electrons. The third-order valence-electron chi connectivity index (χ3n) is 3.55. The van der Waals surface area contributed by atoms with Crippen molar-refractivity contribution in [3.63, 3.8) is 0 Å². The quantitative estimate of drug-likeness (QED) is 0.526. The van der Waals surface area contributed by atoms with Crippen molar-refractivity contribution in [3.05, 3.63) is 30.1 Å². The van der Waals surface area contributed by atoms with E-state index in [0.717, 1.165) is 12.8 Å². The van der Waals surface area contributed by atoms with Crippen LogP contribution in [0.1, 0.15) is 49.9 Å². The topological polar surface area (TPSA) is 116 Å². The van der Waals surface area contributed by atoms with Gasteiger partial charge in [-0.1, -0.05) is 26.7 Å². The Morgan fingerprint density at radius 2 is 1.71 bits per heavy atom. The average Bonchev–Trinajstić information content (AvgIpc) is 2.55. The molecule has 1 aromatic heterocycles. The Kier molecular flexibility index (Phi) is 8.00. The number of aromatic nitrogens is 1. The summed E-state index contributed by atoms with van der Waals surface area (Å²) in [5.41, 5.74) is 5.78. The van der Waals surface area contributed by atoms with E-state index in [9.17, 15) is 18.0 Å². The Labute approximate surface area is 142 Å². The van der Waals surface area contributed by atoms with Gasteiger partial charge in [0.05, 0.1) is 16.6 Å². The van der Waals surface area contributed by atoms with Crippen LogP contribution in [-0.2, 0) is 19.4 Å². The Morgan fingerprint density at radius 3 is 2.21 bits per heavy atom. The summed E-state index contributed by atoms with van der Waals surface area (Å²) in [5.74, 6) is -2.46. The molecule has 0 unspecified atom stereocenters. The lowest BCUT2D eigenvalue weighted by atomic mass is 10.2. The highest BCUT2D eigenvalue weighted by Crippen LogP contribution is 2.16. The van der Waals surface area contributed by atoms with E-state index in [0.29, 0.717) is 12.8 Å². The summed E-state index contributed by atoms with van der Waals surface area (Å²) in [5, 5.41) is -0.526. The van der Waals surface area contributed by atoms with E-state index in [4.69, 9.17) is 5.73 Å². The van der Waals surface area contributed by atoms with Crippen molar-refractivity contribution in [2.45, 2.75) is 50.8 Å². The third-order valence-corrected chi connectivity index (χ3v) is 5.86. The molecule has 0 amide bonds. The zero-order valence-corrected chi connectivity index (χ0v) is 14.8. The minimum Gasteiger partial charge on any atom is -0.388 e. The van der Waals surface area contributed by atoms with Gasteiger partial charge in [0.25, 0.3) is 0 Å². The van der Waals surface area contributed by atoms with Crippen LogP contribution in [0.2, 0.25) is 0 Å². The van der Waals surface area contributed by atoms with E-state index in [1.54, 1.807) is 0 Å². The first-order chi connectivity index (χ1) is 11.3. The maximum absolute atomic E-state index is 12.4.